The first-order valence-electron chi connectivity index (χ1n) is 13.1. The van der Waals surface area contributed by atoms with Gasteiger partial charge in [0.1, 0.15) is 11.9 Å². The highest BCUT2D eigenvalue weighted by molar-refractivity contribution is 7.14. The number of rotatable bonds is 12. The number of pyridine rings is 1. The summed E-state index contributed by atoms with van der Waals surface area (Å²) >= 11 is 1.19. The molecule has 1 saturated heterocycles. The summed E-state index contributed by atoms with van der Waals surface area (Å²) in [5.41, 5.74) is 1.25. The number of hydrogen-bond donors (Lipinski definition) is 1. The molecule has 3 aromatic rings. The third kappa shape index (κ3) is 8.71. The molecular weight excluding hydrogens is 552 g/mol. The Morgan fingerprint density at radius 2 is 1.80 bits per heavy atom. The number of methoxy groups -OCH3 is 1. The average Bonchev–Trinajstić information content (AvgIpc) is 3.40. The fourth-order valence-electron chi connectivity index (χ4n) is 3.91. The molecule has 12 nitrogen and oxygen atoms in total. The maximum atomic E-state index is 13.1. The molecule has 1 aromatic carbocycles. The van der Waals surface area contributed by atoms with Crippen LogP contribution in [0.4, 0.5) is 5.13 Å². The number of aromatic nitrogens is 2. The molecule has 41 heavy (non-hydrogen) atoms. The Morgan fingerprint density at radius 3 is 2.51 bits per heavy atom. The Hall–Kier alpha value is -4.07. The second-order valence-electron chi connectivity index (χ2n) is 9.03. The Bertz CT molecular complexity index is 1340. The van der Waals surface area contributed by atoms with Crippen molar-refractivity contribution in [1.29, 1.82) is 0 Å². The fraction of sp³-hybridized carbons (Fsp3) is 0.393. The van der Waals surface area contributed by atoms with E-state index in [4.69, 9.17) is 23.7 Å². The number of ether oxygens (including phenoxy) is 5. The Morgan fingerprint density at radius 1 is 1.07 bits per heavy atom. The molecule has 1 aliphatic rings. The first kappa shape index (κ1) is 29.9. The molecule has 4 rings (SSSR count). The number of carbonyl (C=O) groups excluding carboxylic acids is 3. The molecule has 0 unspecified atom stereocenters. The van der Waals surface area contributed by atoms with Crippen LogP contribution in [0.2, 0.25) is 0 Å². The molecule has 0 spiro atoms. The first-order chi connectivity index (χ1) is 19.8. The van der Waals surface area contributed by atoms with Crippen molar-refractivity contribution in [3.63, 3.8) is 0 Å². The second-order valence-corrected chi connectivity index (χ2v) is 9.89. The molecule has 0 bridgehead atoms. The molecule has 0 saturated carbocycles. The summed E-state index contributed by atoms with van der Waals surface area (Å²) in [7, 11) is 1.56. The van der Waals surface area contributed by atoms with Gasteiger partial charge in [-0.25, -0.2) is 4.98 Å². The van der Waals surface area contributed by atoms with Gasteiger partial charge in [0.25, 0.3) is 11.8 Å². The van der Waals surface area contributed by atoms with Crippen LogP contribution in [-0.4, -0.2) is 85.4 Å². The molecule has 0 aliphatic carbocycles. The Labute approximate surface area is 241 Å². The van der Waals surface area contributed by atoms with Crippen LogP contribution in [0.1, 0.15) is 40.3 Å². The van der Waals surface area contributed by atoms with Crippen LogP contribution < -0.4 is 14.8 Å². The third-order valence-corrected chi connectivity index (χ3v) is 6.60. The van der Waals surface area contributed by atoms with Crippen molar-refractivity contribution < 1.29 is 38.1 Å². The molecule has 218 valence electrons. The molecule has 2 amide bonds. The predicted molar refractivity (Wildman–Crippen MR) is 150 cm³/mol. The largest absolute Gasteiger partial charge is 0.472 e. The van der Waals surface area contributed by atoms with Gasteiger partial charge < -0.3 is 28.6 Å². The zero-order valence-electron chi connectivity index (χ0n) is 23.1. The van der Waals surface area contributed by atoms with E-state index in [0.717, 1.165) is 0 Å². The normalized spacial score (nSPS) is 13.8. The van der Waals surface area contributed by atoms with Gasteiger partial charge in [-0.2, -0.15) is 4.98 Å². The number of anilines is 1. The van der Waals surface area contributed by atoms with Gasteiger partial charge in [0.2, 0.25) is 11.8 Å². The van der Waals surface area contributed by atoms with Crippen molar-refractivity contribution in [3.8, 4) is 17.5 Å². The average molecular weight is 585 g/mol. The smallest absolute Gasteiger partial charge is 0.311 e. The van der Waals surface area contributed by atoms with Crippen LogP contribution in [0, 0.1) is 0 Å². The summed E-state index contributed by atoms with van der Waals surface area (Å²) in [5, 5.41) is 4.74. The first-order valence-corrected chi connectivity index (χ1v) is 14.0. The topological polar surface area (TPSA) is 138 Å². The third-order valence-electron chi connectivity index (χ3n) is 5.79. The summed E-state index contributed by atoms with van der Waals surface area (Å²) in [6.45, 7) is 6.28. The number of benzene rings is 1. The Balaban J connectivity index is 1.49. The van der Waals surface area contributed by atoms with Crippen molar-refractivity contribution >= 4 is 34.3 Å². The van der Waals surface area contributed by atoms with Gasteiger partial charge in [0.05, 0.1) is 44.1 Å². The van der Waals surface area contributed by atoms with Gasteiger partial charge >= 0.3 is 5.97 Å². The zero-order valence-corrected chi connectivity index (χ0v) is 23.9. The van der Waals surface area contributed by atoms with E-state index in [1.165, 1.54) is 23.5 Å². The predicted octanol–water partition coefficient (Wildman–Crippen LogP) is 3.57. The Kier molecular flexibility index (Phi) is 10.6. The van der Waals surface area contributed by atoms with Crippen LogP contribution in [0.3, 0.4) is 0 Å². The van der Waals surface area contributed by atoms with E-state index in [9.17, 15) is 14.4 Å². The number of nitrogens with zero attached hydrogens (tertiary/aromatic N) is 3. The van der Waals surface area contributed by atoms with E-state index < -0.39 is 11.9 Å². The summed E-state index contributed by atoms with van der Waals surface area (Å²) < 4.78 is 27.2. The molecule has 0 radical (unpaired) electrons. The summed E-state index contributed by atoms with van der Waals surface area (Å²) in [6, 6.07) is 9.65. The molecule has 13 heteroatoms. The standard InChI is InChI=1S/C28H32N4O8S/c1-4-38-25(33)15-21-17-41-28(29-21)31-26(34)20-13-23(39-18(2)16-36-3)30-24(14-20)40-22-7-5-19(6-8-22)27(35)32-9-11-37-12-10-32/h5-8,13-14,17-18H,4,9-12,15-16H2,1-3H3,(H,29,31,34)/t18-/m1/s1. The number of thiazole rings is 1. The summed E-state index contributed by atoms with van der Waals surface area (Å²) in [6.07, 6.45) is -0.326. The summed E-state index contributed by atoms with van der Waals surface area (Å²) in [5.74, 6) is -0.229. The van der Waals surface area contributed by atoms with Gasteiger partial charge in [-0.05, 0) is 38.1 Å². The highest BCUT2D eigenvalue weighted by Gasteiger charge is 2.19. The lowest BCUT2D eigenvalue weighted by Gasteiger charge is -2.26. The van der Waals surface area contributed by atoms with Crippen LogP contribution in [0.5, 0.6) is 17.5 Å². The minimum absolute atomic E-state index is 0.0136. The van der Waals surface area contributed by atoms with Crippen molar-refractivity contribution in [1.82, 2.24) is 14.9 Å². The van der Waals surface area contributed by atoms with E-state index in [-0.39, 0.29) is 42.4 Å². The van der Waals surface area contributed by atoms with Crippen molar-refractivity contribution in [3.05, 3.63) is 58.6 Å². The number of esters is 1. The second kappa shape index (κ2) is 14.5. The quantitative estimate of drug-likeness (QED) is 0.314. The van der Waals surface area contributed by atoms with Gasteiger partial charge in [-0.15, -0.1) is 11.3 Å². The number of nitrogens with one attached hydrogen (secondary N) is 1. The van der Waals surface area contributed by atoms with E-state index in [1.54, 1.807) is 48.6 Å². The SMILES string of the molecule is CCOC(=O)Cc1csc(NC(=O)c2cc(Oc3ccc(C(=O)N4CCOCC4)cc3)nc(O[C@H](C)COC)c2)n1. The highest BCUT2D eigenvalue weighted by atomic mass is 32.1. The number of amides is 2. The van der Waals surface area contributed by atoms with E-state index in [2.05, 4.69) is 15.3 Å². The lowest BCUT2D eigenvalue weighted by Crippen LogP contribution is -2.40. The van der Waals surface area contributed by atoms with Crippen molar-refractivity contribution in [2.45, 2.75) is 26.4 Å². The summed E-state index contributed by atoms with van der Waals surface area (Å²) in [4.78, 5) is 48.0. The van der Waals surface area contributed by atoms with E-state index >= 15 is 0 Å². The molecule has 1 fully saturated rings. The minimum atomic E-state index is -0.468. The van der Waals surface area contributed by atoms with Crippen LogP contribution in [0.15, 0.2) is 41.8 Å². The number of morpholine rings is 1. The van der Waals surface area contributed by atoms with Gasteiger partial charge in [0, 0.05) is 43.3 Å². The van der Waals surface area contributed by atoms with Gasteiger partial charge in [0.15, 0.2) is 5.13 Å². The van der Waals surface area contributed by atoms with Crippen LogP contribution >= 0.6 is 11.3 Å². The van der Waals surface area contributed by atoms with Crippen LogP contribution in [-0.2, 0) is 25.4 Å². The van der Waals surface area contributed by atoms with Gasteiger partial charge in [-0.3, -0.25) is 19.7 Å². The number of carbonyl (C=O) groups is 3. The fourth-order valence-corrected chi connectivity index (χ4v) is 4.61. The lowest BCUT2D eigenvalue weighted by atomic mass is 10.2. The highest BCUT2D eigenvalue weighted by Crippen LogP contribution is 2.26. The van der Waals surface area contributed by atoms with Crippen LogP contribution in [0.25, 0.3) is 0 Å². The molecule has 1 N–H and O–H groups in total. The minimum Gasteiger partial charge on any atom is -0.472 e. The zero-order chi connectivity index (χ0) is 29.2. The molecule has 1 aliphatic heterocycles. The monoisotopic (exact) mass is 584 g/mol. The maximum absolute atomic E-state index is 13.1. The van der Waals surface area contributed by atoms with E-state index in [0.29, 0.717) is 55.0 Å². The van der Waals surface area contributed by atoms with E-state index in [1.807, 2.05) is 6.92 Å². The molecule has 3 heterocycles. The molecule has 1 atom stereocenters. The number of hydrogen-bond acceptors (Lipinski definition) is 11. The van der Waals surface area contributed by atoms with Gasteiger partial charge in [-0.1, -0.05) is 0 Å². The van der Waals surface area contributed by atoms with Crippen molar-refractivity contribution in [2.75, 3.05) is 51.9 Å². The maximum Gasteiger partial charge on any atom is 0.311 e. The lowest BCUT2D eigenvalue weighted by molar-refractivity contribution is -0.142. The molecule has 2 aromatic heterocycles. The van der Waals surface area contributed by atoms with Crippen molar-refractivity contribution in [2.24, 2.45) is 0 Å². The molecular formula is C28H32N4O8S.